The summed E-state index contributed by atoms with van der Waals surface area (Å²) in [5.74, 6) is 0.488. The average molecular weight is 314 g/mol. The highest BCUT2D eigenvalue weighted by molar-refractivity contribution is 5.76. The molecule has 1 aromatic heterocycles. The molecule has 1 atom stereocenters. The lowest BCUT2D eigenvalue weighted by Gasteiger charge is -2.22. The lowest BCUT2D eigenvalue weighted by atomic mass is 9.88. The van der Waals surface area contributed by atoms with Gasteiger partial charge in [0.05, 0.1) is 0 Å². The molecule has 0 bridgehead atoms. The lowest BCUT2D eigenvalue weighted by molar-refractivity contribution is -0.121. The molecule has 1 aliphatic rings. The summed E-state index contributed by atoms with van der Waals surface area (Å²) in [5, 5.41) is 5.28. The van der Waals surface area contributed by atoms with E-state index < -0.39 is 0 Å². The molecular weight excluding hydrogens is 292 g/mol. The number of amides is 1. The fourth-order valence-electron chi connectivity index (χ4n) is 3.38. The maximum atomic E-state index is 12.1. The summed E-state index contributed by atoms with van der Waals surface area (Å²) >= 11 is 0. The summed E-state index contributed by atoms with van der Waals surface area (Å²) < 4.78 is 4.96. The van der Waals surface area contributed by atoms with Gasteiger partial charge < -0.3 is 9.84 Å². The zero-order valence-electron chi connectivity index (χ0n) is 13.5. The standard InChI is InChI=1S/C18H22N2O3/c1-17(2)11-18(17,13-6-4-3-5-7-13)12-19-15(21)9-8-14-10-16(22)20-23-14/h3-7,10H,8-9,11-12H2,1-2H3,(H,19,21)(H,20,22). The van der Waals surface area contributed by atoms with Gasteiger partial charge >= 0.3 is 0 Å². The molecule has 2 aromatic rings. The summed E-state index contributed by atoms with van der Waals surface area (Å²) in [7, 11) is 0. The number of rotatable bonds is 6. The number of benzene rings is 1. The van der Waals surface area contributed by atoms with Crippen LogP contribution >= 0.6 is 0 Å². The van der Waals surface area contributed by atoms with Gasteiger partial charge in [0.1, 0.15) is 5.76 Å². The van der Waals surface area contributed by atoms with Gasteiger partial charge in [0.15, 0.2) is 0 Å². The monoisotopic (exact) mass is 314 g/mol. The Labute approximate surface area is 135 Å². The Kier molecular flexibility index (Phi) is 3.88. The van der Waals surface area contributed by atoms with E-state index in [1.807, 2.05) is 18.2 Å². The van der Waals surface area contributed by atoms with Crippen LogP contribution in [0, 0.1) is 5.41 Å². The number of nitrogens with one attached hydrogen (secondary N) is 2. The molecule has 0 radical (unpaired) electrons. The molecule has 1 fully saturated rings. The summed E-state index contributed by atoms with van der Waals surface area (Å²) in [6.45, 7) is 5.11. The highest BCUT2D eigenvalue weighted by Crippen LogP contribution is 2.63. The zero-order valence-corrected chi connectivity index (χ0v) is 13.5. The predicted octanol–water partition coefficient (Wildman–Crippen LogP) is 2.38. The highest BCUT2D eigenvalue weighted by atomic mass is 16.5. The number of aromatic amines is 1. The van der Waals surface area contributed by atoms with Crippen molar-refractivity contribution in [2.24, 2.45) is 5.41 Å². The van der Waals surface area contributed by atoms with E-state index in [0.717, 1.165) is 6.42 Å². The smallest absolute Gasteiger partial charge is 0.280 e. The van der Waals surface area contributed by atoms with E-state index in [1.165, 1.54) is 11.6 Å². The minimum absolute atomic E-state index is 0.0184. The number of aryl methyl sites for hydroxylation is 1. The summed E-state index contributed by atoms with van der Waals surface area (Å²) in [5.41, 5.74) is 1.21. The lowest BCUT2D eigenvalue weighted by Crippen LogP contribution is -2.34. The zero-order chi connectivity index (χ0) is 16.5. The van der Waals surface area contributed by atoms with Crippen molar-refractivity contribution in [1.82, 2.24) is 10.5 Å². The van der Waals surface area contributed by atoms with Crippen LogP contribution in [0.5, 0.6) is 0 Å². The van der Waals surface area contributed by atoms with Gasteiger partial charge in [-0.2, -0.15) is 5.16 Å². The molecule has 0 saturated heterocycles. The topological polar surface area (TPSA) is 75.1 Å². The van der Waals surface area contributed by atoms with Gasteiger partial charge in [-0.25, -0.2) is 0 Å². The second-order valence-corrected chi connectivity index (χ2v) is 6.96. The molecule has 122 valence electrons. The van der Waals surface area contributed by atoms with Crippen molar-refractivity contribution in [2.45, 2.75) is 38.5 Å². The Morgan fingerprint density at radius 1 is 1.30 bits per heavy atom. The molecule has 1 heterocycles. The minimum Gasteiger partial charge on any atom is -0.384 e. The van der Waals surface area contributed by atoms with Gasteiger partial charge in [0, 0.05) is 30.9 Å². The molecule has 0 aliphatic heterocycles. The van der Waals surface area contributed by atoms with E-state index in [9.17, 15) is 9.59 Å². The van der Waals surface area contributed by atoms with Crippen molar-refractivity contribution in [3.63, 3.8) is 0 Å². The number of hydrogen-bond acceptors (Lipinski definition) is 3. The van der Waals surface area contributed by atoms with Crippen molar-refractivity contribution in [1.29, 1.82) is 0 Å². The first kappa shape index (κ1) is 15.6. The Morgan fingerprint density at radius 3 is 2.57 bits per heavy atom. The Hall–Kier alpha value is -2.30. The van der Waals surface area contributed by atoms with Crippen molar-refractivity contribution in [3.8, 4) is 0 Å². The first-order valence-corrected chi connectivity index (χ1v) is 7.93. The van der Waals surface area contributed by atoms with Gasteiger partial charge in [-0.3, -0.25) is 9.59 Å². The molecule has 1 amide bonds. The van der Waals surface area contributed by atoms with E-state index in [1.54, 1.807) is 0 Å². The van der Waals surface area contributed by atoms with Crippen LogP contribution in [0.3, 0.4) is 0 Å². The number of hydrogen-bond donors (Lipinski definition) is 2. The molecule has 1 unspecified atom stereocenters. The molecule has 3 rings (SSSR count). The Bertz CT molecular complexity index is 745. The molecule has 1 aliphatic carbocycles. The molecule has 0 spiro atoms. The number of aromatic nitrogens is 1. The van der Waals surface area contributed by atoms with Crippen molar-refractivity contribution >= 4 is 5.91 Å². The van der Waals surface area contributed by atoms with E-state index >= 15 is 0 Å². The van der Waals surface area contributed by atoms with Gasteiger partial charge in [0.25, 0.3) is 5.56 Å². The van der Waals surface area contributed by atoms with Crippen LogP contribution in [0.15, 0.2) is 45.7 Å². The SMILES string of the molecule is CC1(C)CC1(CNC(=O)CCc1cc(=O)[nH]o1)c1ccccc1. The van der Waals surface area contributed by atoms with Gasteiger partial charge in [-0.1, -0.05) is 44.2 Å². The first-order valence-electron chi connectivity index (χ1n) is 7.93. The fraction of sp³-hybridized carbons (Fsp3) is 0.444. The Morgan fingerprint density at radius 2 is 2.00 bits per heavy atom. The fourth-order valence-corrected chi connectivity index (χ4v) is 3.38. The van der Waals surface area contributed by atoms with Crippen molar-refractivity contribution in [3.05, 3.63) is 58.1 Å². The molecule has 5 nitrogen and oxygen atoms in total. The molecule has 23 heavy (non-hydrogen) atoms. The number of H-pyrrole nitrogens is 1. The summed E-state index contributed by atoms with van der Waals surface area (Å²) in [6, 6.07) is 11.7. The second kappa shape index (κ2) is 5.72. The van der Waals surface area contributed by atoms with Crippen molar-refractivity contribution in [2.75, 3.05) is 6.54 Å². The maximum absolute atomic E-state index is 12.1. The van der Waals surface area contributed by atoms with Crippen LogP contribution in [0.2, 0.25) is 0 Å². The van der Waals surface area contributed by atoms with Crippen LogP contribution in [0.1, 0.15) is 38.0 Å². The number of carbonyl (C=O) groups is 1. The summed E-state index contributed by atoms with van der Waals surface area (Å²) in [4.78, 5) is 23.1. The Balaban J connectivity index is 1.58. The minimum atomic E-state index is -0.275. The molecule has 1 saturated carbocycles. The second-order valence-electron chi connectivity index (χ2n) is 6.96. The molecule has 1 aromatic carbocycles. The normalized spacial score (nSPS) is 21.8. The van der Waals surface area contributed by atoms with Crippen LogP contribution in [0.25, 0.3) is 0 Å². The largest absolute Gasteiger partial charge is 0.384 e. The maximum Gasteiger partial charge on any atom is 0.280 e. The van der Waals surface area contributed by atoms with E-state index in [0.29, 0.717) is 25.1 Å². The van der Waals surface area contributed by atoms with Crippen molar-refractivity contribution < 1.29 is 9.32 Å². The molecule has 2 N–H and O–H groups in total. The third-order valence-corrected chi connectivity index (χ3v) is 5.00. The third-order valence-electron chi connectivity index (χ3n) is 5.00. The predicted molar refractivity (Wildman–Crippen MR) is 87.2 cm³/mol. The van der Waals surface area contributed by atoms with E-state index in [2.05, 4.69) is 36.5 Å². The number of carbonyl (C=O) groups excluding carboxylic acids is 1. The van der Waals surface area contributed by atoms with Crippen LogP contribution < -0.4 is 10.9 Å². The first-order chi connectivity index (χ1) is 10.9. The van der Waals surface area contributed by atoms with E-state index in [-0.39, 0.29) is 22.3 Å². The highest BCUT2D eigenvalue weighted by Gasteiger charge is 2.61. The summed E-state index contributed by atoms with van der Waals surface area (Å²) in [6.07, 6.45) is 1.80. The average Bonchev–Trinajstić information content (AvgIpc) is 2.87. The third kappa shape index (κ3) is 3.09. The van der Waals surface area contributed by atoms with Gasteiger partial charge in [0.2, 0.25) is 5.91 Å². The molecular formula is C18H22N2O3. The van der Waals surface area contributed by atoms with Crippen LogP contribution in [-0.2, 0) is 16.6 Å². The quantitative estimate of drug-likeness (QED) is 0.859. The van der Waals surface area contributed by atoms with Gasteiger partial charge in [-0.05, 0) is 17.4 Å². The van der Waals surface area contributed by atoms with Gasteiger partial charge in [-0.15, -0.1) is 0 Å². The molecule has 5 heteroatoms. The van der Waals surface area contributed by atoms with E-state index in [4.69, 9.17) is 4.52 Å². The van der Waals surface area contributed by atoms with Crippen LogP contribution in [0.4, 0.5) is 0 Å². The van der Waals surface area contributed by atoms with Crippen LogP contribution in [-0.4, -0.2) is 17.6 Å².